The van der Waals surface area contributed by atoms with Crippen LogP contribution in [0.3, 0.4) is 0 Å². The molecular weight excluding hydrogens is 264 g/mol. The predicted octanol–water partition coefficient (Wildman–Crippen LogP) is 1.94. The Labute approximate surface area is 116 Å². The minimum atomic E-state index is -0.972. The Hall–Kier alpha value is -1.69. The Morgan fingerprint density at radius 2 is 2.11 bits per heavy atom. The molecule has 1 rings (SSSR count). The number of hydrogen-bond acceptors (Lipinski definition) is 3. The summed E-state index contributed by atoms with van der Waals surface area (Å²) in [5.74, 6) is -0.972. The van der Waals surface area contributed by atoms with Gasteiger partial charge >= 0.3 is 12.0 Å². The maximum atomic E-state index is 11.5. The van der Waals surface area contributed by atoms with E-state index in [2.05, 4.69) is 10.6 Å². The van der Waals surface area contributed by atoms with E-state index in [1.54, 1.807) is 30.0 Å². The van der Waals surface area contributed by atoms with Crippen LogP contribution in [0.15, 0.2) is 24.3 Å². The number of thioether (sulfide) groups is 1. The number of nitrogens with one attached hydrogen (secondary N) is 2. The van der Waals surface area contributed by atoms with E-state index in [1.165, 1.54) is 6.07 Å². The lowest BCUT2D eigenvalue weighted by molar-refractivity contribution is 0.0696. The van der Waals surface area contributed by atoms with E-state index >= 15 is 0 Å². The van der Waals surface area contributed by atoms with Crippen molar-refractivity contribution >= 4 is 23.8 Å². The van der Waals surface area contributed by atoms with Crippen molar-refractivity contribution in [1.29, 1.82) is 0 Å². The summed E-state index contributed by atoms with van der Waals surface area (Å²) >= 11 is 1.68. The molecule has 1 aromatic carbocycles. The number of aromatic carboxylic acids is 1. The maximum Gasteiger partial charge on any atom is 0.335 e. The number of benzene rings is 1. The van der Waals surface area contributed by atoms with Gasteiger partial charge in [0.1, 0.15) is 0 Å². The van der Waals surface area contributed by atoms with Crippen LogP contribution >= 0.6 is 11.8 Å². The molecule has 0 aromatic heterocycles. The minimum absolute atomic E-state index is 0.218. The first-order valence-corrected chi connectivity index (χ1v) is 7.18. The van der Waals surface area contributed by atoms with Crippen LogP contribution in [-0.4, -0.2) is 35.2 Å². The Bertz CT molecular complexity index is 451. The first kappa shape index (κ1) is 15.4. The van der Waals surface area contributed by atoms with Crippen molar-refractivity contribution in [1.82, 2.24) is 10.6 Å². The fourth-order valence-corrected chi connectivity index (χ4v) is 1.63. The van der Waals surface area contributed by atoms with E-state index in [1.807, 2.05) is 13.2 Å². The molecule has 5 nitrogen and oxygen atoms in total. The summed E-state index contributed by atoms with van der Waals surface area (Å²) in [6.07, 6.45) is 1.99. The standard InChI is InChI=1S/C13H18N2O3S/c1-9(19-2)7-14-13(18)15-8-10-4-3-5-11(6-10)12(16)17/h3-6,9H,7-8H2,1-2H3,(H,16,17)(H2,14,15,18). The van der Waals surface area contributed by atoms with Crippen molar-refractivity contribution in [3.05, 3.63) is 35.4 Å². The molecule has 19 heavy (non-hydrogen) atoms. The summed E-state index contributed by atoms with van der Waals surface area (Å²) in [5, 5.41) is 14.7. The van der Waals surface area contributed by atoms with E-state index in [0.717, 1.165) is 5.56 Å². The van der Waals surface area contributed by atoms with Gasteiger partial charge in [-0.1, -0.05) is 19.1 Å². The highest BCUT2D eigenvalue weighted by molar-refractivity contribution is 7.99. The molecule has 0 heterocycles. The molecule has 2 amide bonds. The molecule has 0 bridgehead atoms. The molecule has 0 aliphatic rings. The number of amides is 2. The molecule has 0 aliphatic heterocycles. The SMILES string of the molecule is CSC(C)CNC(=O)NCc1cccc(C(=O)O)c1. The maximum absolute atomic E-state index is 11.5. The normalized spacial score (nSPS) is 11.7. The molecule has 0 radical (unpaired) electrons. The Balaban J connectivity index is 2.42. The van der Waals surface area contributed by atoms with Crippen LogP contribution in [0.4, 0.5) is 4.79 Å². The number of carboxylic acids is 1. The first-order valence-electron chi connectivity index (χ1n) is 5.89. The number of rotatable bonds is 6. The molecule has 104 valence electrons. The third kappa shape index (κ3) is 5.65. The highest BCUT2D eigenvalue weighted by Gasteiger charge is 2.05. The van der Waals surface area contributed by atoms with Gasteiger partial charge < -0.3 is 15.7 Å². The van der Waals surface area contributed by atoms with E-state index in [-0.39, 0.29) is 11.6 Å². The summed E-state index contributed by atoms with van der Waals surface area (Å²) < 4.78 is 0. The summed E-state index contributed by atoms with van der Waals surface area (Å²) in [6.45, 7) is 2.93. The van der Waals surface area contributed by atoms with Gasteiger partial charge in [0.25, 0.3) is 0 Å². The van der Waals surface area contributed by atoms with Gasteiger partial charge in [-0.2, -0.15) is 11.8 Å². The van der Waals surface area contributed by atoms with Gasteiger partial charge in [0, 0.05) is 18.3 Å². The van der Waals surface area contributed by atoms with Gasteiger partial charge in [0.15, 0.2) is 0 Å². The Morgan fingerprint density at radius 1 is 1.37 bits per heavy atom. The van der Waals surface area contributed by atoms with Crippen LogP contribution in [-0.2, 0) is 6.54 Å². The lowest BCUT2D eigenvalue weighted by Crippen LogP contribution is -2.38. The van der Waals surface area contributed by atoms with E-state index in [0.29, 0.717) is 18.3 Å². The molecule has 1 aromatic rings. The smallest absolute Gasteiger partial charge is 0.335 e. The average molecular weight is 282 g/mol. The topological polar surface area (TPSA) is 78.4 Å². The third-order valence-corrected chi connectivity index (χ3v) is 3.55. The fraction of sp³-hybridized carbons (Fsp3) is 0.385. The van der Waals surface area contributed by atoms with Crippen molar-refractivity contribution in [3.8, 4) is 0 Å². The zero-order valence-corrected chi connectivity index (χ0v) is 11.8. The van der Waals surface area contributed by atoms with Crippen LogP contribution in [0.5, 0.6) is 0 Å². The van der Waals surface area contributed by atoms with E-state index in [4.69, 9.17) is 5.11 Å². The highest BCUT2D eigenvalue weighted by atomic mass is 32.2. The summed E-state index contributed by atoms with van der Waals surface area (Å²) in [7, 11) is 0. The summed E-state index contributed by atoms with van der Waals surface area (Å²) in [5.41, 5.74) is 0.976. The first-order chi connectivity index (χ1) is 9.02. The zero-order valence-electron chi connectivity index (χ0n) is 11.0. The number of carbonyl (C=O) groups excluding carboxylic acids is 1. The second kappa shape index (κ2) is 7.68. The molecule has 0 saturated heterocycles. The van der Waals surface area contributed by atoms with Gasteiger partial charge in [-0.15, -0.1) is 0 Å². The molecule has 1 atom stereocenters. The van der Waals surface area contributed by atoms with Crippen LogP contribution in [0, 0.1) is 0 Å². The van der Waals surface area contributed by atoms with Crippen LogP contribution in [0.2, 0.25) is 0 Å². The lowest BCUT2D eigenvalue weighted by atomic mass is 10.1. The molecule has 1 unspecified atom stereocenters. The molecule has 0 fully saturated rings. The number of urea groups is 1. The van der Waals surface area contributed by atoms with E-state index < -0.39 is 5.97 Å². The van der Waals surface area contributed by atoms with Gasteiger partial charge in [-0.05, 0) is 24.0 Å². The van der Waals surface area contributed by atoms with Crippen LogP contribution in [0.25, 0.3) is 0 Å². The summed E-state index contributed by atoms with van der Waals surface area (Å²) in [6, 6.07) is 6.26. The second-order valence-corrected chi connectivity index (χ2v) is 5.39. The Morgan fingerprint density at radius 3 is 2.74 bits per heavy atom. The van der Waals surface area contributed by atoms with Crippen molar-refractivity contribution in [2.45, 2.75) is 18.7 Å². The molecular formula is C13H18N2O3S. The molecule has 0 spiro atoms. The third-order valence-electron chi connectivity index (χ3n) is 2.58. The van der Waals surface area contributed by atoms with Crippen molar-refractivity contribution in [3.63, 3.8) is 0 Å². The van der Waals surface area contributed by atoms with Crippen molar-refractivity contribution in [2.75, 3.05) is 12.8 Å². The second-order valence-electron chi connectivity index (χ2n) is 4.12. The van der Waals surface area contributed by atoms with E-state index in [9.17, 15) is 9.59 Å². The van der Waals surface area contributed by atoms with Gasteiger partial charge in [0.05, 0.1) is 5.56 Å². The molecule has 3 N–H and O–H groups in total. The average Bonchev–Trinajstić information content (AvgIpc) is 2.42. The van der Waals surface area contributed by atoms with Gasteiger partial charge in [0.2, 0.25) is 0 Å². The zero-order chi connectivity index (χ0) is 14.3. The molecule has 6 heteroatoms. The predicted molar refractivity (Wildman–Crippen MR) is 76.6 cm³/mol. The van der Waals surface area contributed by atoms with Crippen LogP contribution in [0.1, 0.15) is 22.8 Å². The molecule has 0 saturated carbocycles. The highest BCUT2D eigenvalue weighted by Crippen LogP contribution is 2.05. The number of carbonyl (C=O) groups is 2. The van der Waals surface area contributed by atoms with Crippen molar-refractivity contribution < 1.29 is 14.7 Å². The number of hydrogen-bond donors (Lipinski definition) is 3. The quantitative estimate of drug-likeness (QED) is 0.745. The Kier molecular flexibility index (Phi) is 6.21. The lowest BCUT2D eigenvalue weighted by Gasteiger charge is -2.11. The summed E-state index contributed by atoms with van der Waals surface area (Å²) in [4.78, 5) is 22.3. The van der Waals surface area contributed by atoms with Crippen molar-refractivity contribution in [2.24, 2.45) is 0 Å². The monoisotopic (exact) mass is 282 g/mol. The van der Waals surface area contributed by atoms with Crippen LogP contribution < -0.4 is 10.6 Å². The minimum Gasteiger partial charge on any atom is -0.478 e. The van der Waals surface area contributed by atoms with Gasteiger partial charge in [-0.25, -0.2) is 9.59 Å². The van der Waals surface area contributed by atoms with Gasteiger partial charge in [-0.3, -0.25) is 0 Å². The fourth-order valence-electron chi connectivity index (χ4n) is 1.38. The molecule has 0 aliphatic carbocycles. The number of carboxylic acid groups (broad SMARTS) is 1. The largest absolute Gasteiger partial charge is 0.478 e.